The molecule has 24 heavy (non-hydrogen) atoms. The Morgan fingerprint density at radius 2 is 1.88 bits per heavy atom. The molecule has 0 aliphatic heterocycles. The van der Waals surface area contributed by atoms with Crippen molar-refractivity contribution >= 4 is 28.6 Å². The number of hydrogen-bond acceptors (Lipinski definition) is 2. The molecule has 2 aromatic carbocycles. The van der Waals surface area contributed by atoms with Gasteiger partial charge in [0.25, 0.3) is 0 Å². The number of aryl methyl sites for hydroxylation is 2. The van der Waals surface area contributed by atoms with Gasteiger partial charge in [0.05, 0.1) is 0 Å². The number of nitrogens with one attached hydrogen (secondary N) is 1. The average molecular weight is 317 g/mol. The van der Waals surface area contributed by atoms with Crippen LogP contribution in [0.3, 0.4) is 0 Å². The smallest absolute Gasteiger partial charge is 0.248 e. The summed E-state index contributed by atoms with van der Waals surface area (Å²) in [5, 5.41) is 4.07. The molecule has 1 heterocycles. The van der Waals surface area contributed by atoms with E-state index in [1.54, 1.807) is 6.08 Å². The highest BCUT2D eigenvalue weighted by atomic mass is 16.3. The van der Waals surface area contributed by atoms with Crippen LogP contribution in [0.25, 0.3) is 17.0 Å². The molecule has 0 radical (unpaired) electrons. The van der Waals surface area contributed by atoms with Crippen molar-refractivity contribution in [3.63, 3.8) is 0 Å². The van der Waals surface area contributed by atoms with Gasteiger partial charge >= 0.3 is 0 Å². The average Bonchev–Trinajstić information content (AvgIpc) is 2.99. The molecule has 120 valence electrons. The van der Waals surface area contributed by atoms with Crippen LogP contribution in [0, 0.1) is 0 Å². The maximum Gasteiger partial charge on any atom is 0.248 e. The minimum atomic E-state index is -0.129. The maximum absolute atomic E-state index is 12.1. The molecule has 1 aromatic heterocycles. The van der Waals surface area contributed by atoms with Gasteiger partial charge in [-0.05, 0) is 49.1 Å². The Labute approximate surface area is 141 Å². The van der Waals surface area contributed by atoms with Gasteiger partial charge in [-0.15, -0.1) is 0 Å². The van der Waals surface area contributed by atoms with Crippen molar-refractivity contribution in [3.8, 4) is 0 Å². The third-order valence-electron chi connectivity index (χ3n) is 4.45. The van der Waals surface area contributed by atoms with E-state index in [9.17, 15) is 4.79 Å². The molecule has 3 heteroatoms. The molecule has 1 amide bonds. The van der Waals surface area contributed by atoms with Crippen molar-refractivity contribution in [1.29, 1.82) is 0 Å². The zero-order chi connectivity index (χ0) is 16.4. The minimum Gasteiger partial charge on any atom is -0.461 e. The van der Waals surface area contributed by atoms with Crippen molar-refractivity contribution < 1.29 is 9.21 Å². The van der Waals surface area contributed by atoms with Crippen LogP contribution < -0.4 is 5.32 Å². The zero-order valence-corrected chi connectivity index (χ0v) is 13.4. The van der Waals surface area contributed by atoms with E-state index >= 15 is 0 Å². The lowest BCUT2D eigenvalue weighted by molar-refractivity contribution is -0.111. The number of benzene rings is 2. The lowest BCUT2D eigenvalue weighted by Crippen LogP contribution is -2.07. The first-order chi connectivity index (χ1) is 11.8. The van der Waals surface area contributed by atoms with Gasteiger partial charge in [0.1, 0.15) is 11.3 Å². The number of carbonyl (C=O) groups is 1. The molecule has 0 atom stereocenters. The summed E-state index contributed by atoms with van der Waals surface area (Å²) in [6.45, 7) is 0. The van der Waals surface area contributed by atoms with Crippen LogP contribution in [0.2, 0.25) is 0 Å². The quantitative estimate of drug-likeness (QED) is 0.693. The summed E-state index contributed by atoms with van der Waals surface area (Å²) in [6, 6.07) is 15.7. The molecule has 0 saturated carbocycles. The van der Waals surface area contributed by atoms with E-state index in [4.69, 9.17) is 4.42 Å². The van der Waals surface area contributed by atoms with Crippen LogP contribution in [0.1, 0.15) is 29.7 Å². The van der Waals surface area contributed by atoms with Crippen molar-refractivity contribution in [1.82, 2.24) is 0 Å². The van der Waals surface area contributed by atoms with Crippen molar-refractivity contribution in [3.05, 3.63) is 71.5 Å². The van der Waals surface area contributed by atoms with E-state index in [1.165, 1.54) is 18.4 Å². The van der Waals surface area contributed by atoms with Crippen molar-refractivity contribution in [2.24, 2.45) is 0 Å². The Balaban J connectivity index is 1.54. The highest BCUT2D eigenvalue weighted by molar-refractivity contribution is 6.03. The molecule has 4 rings (SSSR count). The van der Waals surface area contributed by atoms with E-state index in [0.717, 1.165) is 40.8 Å². The molecule has 3 aromatic rings. The fourth-order valence-corrected chi connectivity index (χ4v) is 3.26. The molecule has 1 aliphatic rings. The van der Waals surface area contributed by atoms with Gasteiger partial charge < -0.3 is 9.73 Å². The number of hydrogen-bond donors (Lipinski definition) is 1. The highest BCUT2D eigenvalue weighted by Crippen LogP contribution is 2.33. The highest BCUT2D eigenvalue weighted by Gasteiger charge is 2.17. The summed E-state index contributed by atoms with van der Waals surface area (Å²) in [5.74, 6) is 0.985. The van der Waals surface area contributed by atoms with Gasteiger partial charge in [-0.25, -0.2) is 0 Å². The Morgan fingerprint density at radius 3 is 2.75 bits per heavy atom. The Bertz CT molecular complexity index is 906. The van der Waals surface area contributed by atoms with Gasteiger partial charge in [0.15, 0.2) is 0 Å². The number of anilines is 1. The second-order valence-electron chi connectivity index (χ2n) is 6.16. The summed E-state index contributed by atoms with van der Waals surface area (Å²) in [6.07, 6.45) is 7.86. The fourth-order valence-electron chi connectivity index (χ4n) is 3.26. The van der Waals surface area contributed by atoms with E-state index in [-0.39, 0.29) is 5.91 Å². The predicted octanol–water partition coefficient (Wildman–Crippen LogP) is 4.96. The number of carbonyl (C=O) groups excluding carboxylic acids is 1. The van der Waals surface area contributed by atoms with E-state index < -0.39 is 0 Å². The van der Waals surface area contributed by atoms with Gasteiger partial charge in [0.2, 0.25) is 5.91 Å². The predicted molar refractivity (Wildman–Crippen MR) is 97.0 cm³/mol. The largest absolute Gasteiger partial charge is 0.461 e. The van der Waals surface area contributed by atoms with Crippen LogP contribution in [0.4, 0.5) is 5.69 Å². The van der Waals surface area contributed by atoms with Crippen LogP contribution >= 0.6 is 0 Å². The normalized spacial score (nSPS) is 14.0. The Kier molecular flexibility index (Phi) is 3.91. The zero-order valence-electron chi connectivity index (χ0n) is 13.4. The first-order valence-corrected chi connectivity index (χ1v) is 8.38. The summed E-state index contributed by atoms with van der Waals surface area (Å²) in [4.78, 5) is 12.1. The van der Waals surface area contributed by atoms with E-state index in [1.807, 2.05) is 54.6 Å². The number of amides is 1. The standard InChI is InChI=1S/C21H19NO2/c23-21(13-10-15-6-2-1-3-7-15)22-16-11-12-20-18(14-16)17-8-4-5-9-19(17)24-20/h1-3,6-7,10-14H,4-5,8-9H2,(H,22,23). The first-order valence-electron chi connectivity index (χ1n) is 8.38. The molecule has 0 fully saturated rings. The Hall–Kier alpha value is -2.81. The van der Waals surface area contributed by atoms with Gasteiger partial charge in [-0.2, -0.15) is 0 Å². The van der Waals surface area contributed by atoms with Gasteiger partial charge in [-0.3, -0.25) is 4.79 Å². The number of rotatable bonds is 3. The minimum absolute atomic E-state index is 0.129. The molecule has 3 nitrogen and oxygen atoms in total. The molecular weight excluding hydrogens is 298 g/mol. The number of fused-ring (bicyclic) bond motifs is 3. The molecule has 1 N–H and O–H groups in total. The Morgan fingerprint density at radius 1 is 1.04 bits per heavy atom. The summed E-state index contributed by atoms with van der Waals surface area (Å²) < 4.78 is 5.93. The van der Waals surface area contributed by atoms with Crippen LogP contribution in [0.15, 0.2) is 59.0 Å². The molecular formula is C21H19NO2. The van der Waals surface area contributed by atoms with Gasteiger partial charge in [-0.1, -0.05) is 30.3 Å². The van der Waals surface area contributed by atoms with Crippen LogP contribution in [0.5, 0.6) is 0 Å². The van der Waals surface area contributed by atoms with Crippen LogP contribution in [-0.4, -0.2) is 5.91 Å². The lowest BCUT2D eigenvalue weighted by Gasteiger charge is -2.08. The topological polar surface area (TPSA) is 42.2 Å². The summed E-state index contributed by atoms with van der Waals surface area (Å²) >= 11 is 0. The second kappa shape index (κ2) is 6.36. The molecule has 0 bridgehead atoms. The number of furan rings is 1. The maximum atomic E-state index is 12.1. The third kappa shape index (κ3) is 2.98. The van der Waals surface area contributed by atoms with Crippen LogP contribution in [-0.2, 0) is 17.6 Å². The molecule has 0 saturated heterocycles. The molecule has 0 unspecified atom stereocenters. The fraction of sp³-hybridized carbons (Fsp3) is 0.190. The lowest BCUT2D eigenvalue weighted by atomic mass is 9.96. The molecule has 1 aliphatic carbocycles. The third-order valence-corrected chi connectivity index (χ3v) is 4.45. The summed E-state index contributed by atoms with van der Waals surface area (Å²) in [7, 11) is 0. The van der Waals surface area contributed by atoms with Gasteiger partial charge in [0, 0.05) is 29.1 Å². The second-order valence-corrected chi connectivity index (χ2v) is 6.16. The van der Waals surface area contributed by atoms with E-state index in [2.05, 4.69) is 5.32 Å². The van der Waals surface area contributed by atoms with Crippen molar-refractivity contribution in [2.45, 2.75) is 25.7 Å². The summed E-state index contributed by atoms with van der Waals surface area (Å²) in [5.41, 5.74) is 4.04. The van der Waals surface area contributed by atoms with Crippen molar-refractivity contribution in [2.75, 3.05) is 5.32 Å². The first kappa shape index (κ1) is 14.8. The monoisotopic (exact) mass is 317 g/mol. The van der Waals surface area contributed by atoms with E-state index in [0.29, 0.717) is 0 Å². The molecule has 0 spiro atoms. The SMILES string of the molecule is O=C(C=Cc1ccccc1)Nc1ccc2oc3c(c2c1)CCCC3.